The number of rotatable bonds is 6. The van der Waals surface area contributed by atoms with Crippen LogP contribution < -0.4 is 10.6 Å². The summed E-state index contributed by atoms with van der Waals surface area (Å²) in [6.45, 7) is 4.31. The molecular formula is C14H20N2O2. The highest BCUT2D eigenvalue weighted by molar-refractivity contribution is 5.68. The van der Waals surface area contributed by atoms with E-state index < -0.39 is 5.97 Å². The molecule has 1 aliphatic heterocycles. The maximum Gasteiger partial charge on any atom is 0.305 e. The van der Waals surface area contributed by atoms with E-state index in [1.165, 1.54) is 11.1 Å². The van der Waals surface area contributed by atoms with Crippen LogP contribution in [0.3, 0.4) is 0 Å². The van der Waals surface area contributed by atoms with Gasteiger partial charge in [0.15, 0.2) is 0 Å². The highest BCUT2D eigenvalue weighted by Gasteiger charge is 2.38. The Morgan fingerprint density at radius 2 is 1.94 bits per heavy atom. The molecule has 0 atom stereocenters. The minimum absolute atomic E-state index is 0.174. The van der Waals surface area contributed by atoms with Crippen LogP contribution in [0.1, 0.15) is 24.5 Å². The molecular weight excluding hydrogens is 228 g/mol. The van der Waals surface area contributed by atoms with Crippen molar-refractivity contribution in [2.24, 2.45) is 0 Å². The maximum atomic E-state index is 10.8. The summed E-state index contributed by atoms with van der Waals surface area (Å²) >= 11 is 0. The van der Waals surface area contributed by atoms with Crippen molar-refractivity contribution in [1.82, 2.24) is 10.6 Å². The SMILES string of the molecule is CCc1ccc(CNC2(CC(=O)O)CNC2)cc1. The van der Waals surface area contributed by atoms with Crippen molar-refractivity contribution >= 4 is 5.97 Å². The van der Waals surface area contributed by atoms with Crippen molar-refractivity contribution in [1.29, 1.82) is 0 Å². The average molecular weight is 248 g/mol. The van der Waals surface area contributed by atoms with Crippen LogP contribution in [-0.2, 0) is 17.8 Å². The zero-order valence-corrected chi connectivity index (χ0v) is 10.7. The monoisotopic (exact) mass is 248 g/mol. The molecule has 1 aromatic rings. The quantitative estimate of drug-likeness (QED) is 0.707. The van der Waals surface area contributed by atoms with Gasteiger partial charge < -0.3 is 15.7 Å². The van der Waals surface area contributed by atoms with E-state index in [4.69, 9.17) is 5.11 Å². The van der Waals surface area contributed by atoms with Gasteiger partial charge in [0.05, 0.1) is 12.0 Å². The Hall–Kier alpha value is -1.39. The molecule has 0 radical (unpaired) electrons. The zero-order chi connectivity index (χ0) is 13.0. The van der Waals surface area contributed by atoms with Crippen LogP contribution in [0.5, 0.6) is 0 Å². The summed E-state index contributed by atoms with van der Waals surface area (Å²) in [6.07, 6.45) is 1.22. The van der Waals surface area contributed by atoms with Gasteiger partial charge in [0.2, 0.25) is 0 Å². The molecule has 4 nitrogen and oxygen atoms in total. The van der Waals surface area contributed by atoms with Gasteiger partial charge in [0, 0.05) is 19.6 Å². The standard InChI is InChI=1S/C14H20N2O2/c1-2-11-3-5-12(6-4-11)8-16-14(7-13(17)18)9-15-10-14/h3-6,15-16H,2,7-10H2,1H3,(H,17,18). The first-order chi connectivity index (χ1) is 8.63. The van der Waals surface area contributed by atoms with Crippen LogP contribution in [-0.4, -0.2) is 29.7 Å². The molecule has 1 fully saturated rings. The number of aliphatic carboxylic acids is 1. The predicted octanol–water partition coefficient (Wildman–Crippen LogP) is 1.16. The normalized spacial score (nSPS) is 17.2. The lowest BCUT2D eigenvalue weighted by molar-refractivity contribution is -0.139. The number of hydrogen-bond acceptors (Lipinski definition) is 3. The molecule has 3 N–H and O–H groups in total. The number of carbonyl (C=O) groups is 1. The Bertz CT molecular complexity index is 410. The maximum absolute atomic E-state index is 10.8. The molecule has 18 heavy (non-hydrogen) atoms. The van der Waals surface area contributed by atoms with E-state index >= 15 is 0 Å². The molecule has 2 rings (SSSR count). The van der Waals surface area contributed by atoms with E-state index in [0.29, 0.717) is 0 Å². The van der Waals surface area contributed by atoms with Gasteiger partial charge in [-0.2, -0.15) is 0 Å². The van der Waals surface area contributed by atoms with Crippen molar-refractivity contribution in [2.75, 3.05) is 13.1 Å². The van der Waals surface area contributed by atoms with Crippen LogP contribution in [0.15, 0.2) is 24.3 Å². The van der Waals surface area contributed by atoms with E-state index in [0.717, 1.165) is 26.1 Å². The molecule has 4 heteroatoms. The fourth-order valence-electron chi connectivity index (χ4n) is 2.21. The molecule has 1 aliphatic rings. The minimum Gasteiger partial charge on any atom is -0.481 e. The summed E-state index contributed by atoms with van der Waals surface area (Å²) in [7, 11) is 0. The van der Waals surface area contributed by atoms with Crippen LogP contribution in [0.2, 0.25) is 0 Å². The lowest BCUT2D eigenvalue weighted by Gasteiger charge is -2.42. The molecule has 98 valence electrons. The van der Waals surface area contributed by atoms with E-state index in [1.54, 1.807) is 0 Å². The van der Waals surface area contributed by atoms with Crippen LogP contribution >= 0.6 is 0 Å². The molecule has 0 amide bonds. The third-order valence-electron chi connectivity index (χ3n) is 3.52. The number of benzene rings is 1. The Morgan fingerprint density at radius 1 is 1.33 bits per heavy atom. The third-order valence-corrected chi connectivity index (χ3v) is 3.52. The second-order valence-corrected chi connectivity index (χ2v) is 4.98. The van der Waals surface area contributed by atoms with Crippen LogP contribution in [0.4, 0.5) is 0 Å². The number of carboxylic acids is 1. The fraction of sp³-hybridized carbons (Fsp3) is 0.500. The minimum atomic E-state index is -0.745. The lowest BCUT2D eigenvalue weighted by atomic mass is 9.88. The summed E-state index contributed by atoms with van der Waals surface area (Å²) in [5, 5.41) is 15.4. The van der Waals surface area contributed by atoms with E-state index in [9.17, 15) is 4.79 Å². The predicted molar refractivity (Wildman–Crippen MR) is 70.5 cm³/mol. The van der Waals surface area contributed by atoms with E-state index in [-0.39, 0.29) is 12.0 Å². The number of aryl methyl sites for hydroxylation is 1. The number of carboxylic acid groups (broad SMARTS) is 1. The van der Waals surface area contributed by atoms with Gasteiger partial charge in [-0.1, -0.05) is 31.2 Å². The topological polar surface area (TPSA) is 61.4 Å². The molecule has 1 heterocycles. The fourth-order valence-corrected chi connectivity index (χ4v) is 2.21. The van der Waals surface area contributed by atoms with Crippen LogP contribution in [0, 0.1) is 0 Å². The second-order valence-electron chi connectivity index (χ2n) is 4.98. The van der Waals surface area contributed by atoms with Crippen molar-refractivity contribution in [3.05, 3.63) is 35.4 Å². The Labute approximate surface area is 107 Å². The lowest BCUT2D eigenvalue weighted by Crippen LogP contribution is -2.68. The summed E-state index contributed by atoms with van der Waals surface area (Å²) < 4.78 is 0. The first-order valence-electron chi connectivity index (χ1n) is 6.39. The number of nitrogens with one attached hydrogen (secondary N) is 2. The molecule has 1 aromatic carbocycles. The molecule has 0 bridgehead atoms. The van der Waals surface area contributed by atoms with Crippen molar-refractivity contribution in [2.45, 2.75) is 31.8 Å². The zero-order valence-electron chi connectivity index (χ0n) is 10.7. The average Bonchev–Trinajstić information content (AvgIpc) is 2.32. The summed E-state index contributed by atoms with van der Waals surface area (Å²) in [6, 6.07) is 8.46. The van der Waals surface area contributed by atoms with Gasteiger partial charge in [-0.3, -0.25) is 4.79 Å². The third kappa shape index (κ3) is 3.09. The van der Waals surface area contributed by atoms with Gasteiger partial charge in [-0.15, -0.1) is 0 Å². The second kappa shape index (κ2) is 5.50. The van der Waals surface area contributed by atoms with Gasteiger partial charge in [-0.05, 0) is 17.5 Å². The van der Waals surface area contributed by atoms with Gasteiger partial charge in [0.25, 0.3) is 0 Å². The van der Waals surface area contributed by atoms with Crippen molar-refractivity contribution in [3.8, 4) is 0 Å². The van der Waals surface area contributed by atoms with E-state index in [2.05, 4.69) is 41.8 Å². The number of hydrogen-bond donors (Lipinski definition) is 3. The largest absolute Gasteiger partial charge is 0.481 e. The van der Waals surface area contributed by atoms with Crippen molar-refractivity contribution in [3.63, 3.8) is 0 Å². The Morgan fingerprint density at radius 3 is 2.39 bits per heavy atom. The van der Waals surface area contributed by atoms with Gasteiger partial charge >= 0.3 is 5.97 Å². The highest BCUT2D eigenvalue weighted by atomic mass is 16.4. The van der Waals surface area contributed by atoms with Crippen LogP contribution in [0.25, 0.3) is 0 Å². The molecule has 0 spiro atoms. The summed E-state index contributed by atoms with van der Waals surface area (Å²) in [5.74, 6) is -0.745. The van der Waals surface area contributed by atoms with Gasteiger partial charge in [-0.25, -0.2) is 0 Å². The Kier molecular flexibility index (Phi) is 3.99. The molecule has 0 aliphatic carbocycles. The first-order valence-corrected chi connectivity index (χ1v) is 6.39. The Balaban J connectivity index is 1.91. The molecule has 0 unspecified atom stereocenters. The van der Waals surface area contributed by atoms with Gasteiger partial charge in [0.1, 0.15) is 0 Å². The highest BCUT2D eigenvalue weighted by Crippen LogP contribution is 2.17. The summed E-state index contributed by atoms with van der Waals surface area (Å²) in [4.78, 5) is 10.8. The van der Waals surface area contributed by atoms with E-state index in [1.807, 2.05) is 0 Å². The molecule has 0 saturated carbocycles. The molecule has 1 saturated heterocycles. The smallest absolute Gasteiger partial charge is 0.305 e. The molecule has 0 aromatic heterocycles. The first kappa shape index (κ1) is 13.1. The summed E-state index contributed by atoms with van der Waals surface area (Å²) in [5.41, 5.74) is 2.25. The van der Waals surface area contributed by atoms with Crippen molar-refractivity contribution < 1.29 is 9.90 Å².